The summed E-state index contributed by atoms with van der Waals surface area (Å²) in [4.78, 5) is 11.6. The van der Waals surface area contributed by atoms with E-state index in [9.17, 15) is 4.79 Å². The standard InChI is InChI=1S/C14H26O2/c1-6-8-9-10-11-14(4,5)16-13(15)12(3)7-2/h7H,6,8-11H2,1-5H3. The van der Waals surface area contributed by atoms with Gasteiger partial charge in [-0.05, 0) is 40.5 Å². The molecule has 0 rings (SSSR count). The van der Waals surface area contributed by atoms with Crippen LogP contribution in [0.5, 0.6) is 0 Å². The molecule has 0 atom stereocenters. The molecule has 0 saturated carbocycles. The monoisotopic (exact) mass is 226 g/mol. The van der Waals surface area contributed by atoms with Crippen LogP contribution in [-0.4, -0.2) is 11.6 Å². The zero-order valence-electron chi connectivity index (χ0n) is 11.4. The number of carbonyl (C=O) groups is 1. The highest BCUT2D eigenvalue weighted by molar-refractivity contribution is 5.87. The summed E-state index contributed by atoms with van der Waals surface area (Å²) in [7, 11) is 0. The molecular formula is C14H26O2. The zero-order chi connectivity index (χ0) is 12.6. The quantitative estimate of drug-likeness (QED) is 0.368. The number of unbranched alkanes of at least 4 members (excludes halogenated alkanes) is 3. The molecule has 0 saturated heterocycles. The molecule has 0 aromatic carbocycles. The van der Waals surface area contributed by atoms with Crippen molar-refractivity contribution in [3.63, 3.8) is 0 Å². The summed E-state index contributed by atoms with van der Waals surface area (Å²) < 4.78 is 5.46. The molecule has 0 fully saturated rings. The Morgan fingerprint density at radius 2 is 1.88 bits per heavy atom. The van der Waals surface area contributed by atoms with Crippen LogP contribution in [-0.2, 0) is 9.53 Å². The van der Waals surface area contributed by atoms with Gasteiger partial charge in [0, 0.05) is 5.57 Å². The minimum Gasteiger partial charge on any atom is -0.456 e. The lowest BCUT2D eigenvalue weighted by Gasteiger charge is -2.25. The van der Waals surface area contributed by atoms with E-state index in [1.165, 1.54) is 19.3 Å². The van der Waals surface area contributed by atoms with Gasteiger partial charge < -0.3 is 4.74 Å². The average Bonchev–Trinajstić information content (AvgIpc) is 2.22. The SMILES string of the molecule is CC=C(C)C(=O)OC(C)(C)CCCCCC. The summed E-state index contributed by atoms with van der Waals surface area (Å²) in [6.45, 7) is 9.81. The Balaban J connectivity index is 3.99. The van der Waals surface area contributed by atoms with Crippen LogP contribution < -0.4 is 0 Å². The molecule has 0 aliphatic rings. The van der Waals surface area contributed by atoms with Crippen LogP contribution in [0, 0.1) is 0 Å². The van der Waals surface area contributed by atoms with Crippen LogP contribution in [0.15, 0.2) is 11.6 Å². The maximum Gasteiger partial charge on any atom is 0.333 e. The molecule has 2 heteroatoms. The van der Waals surface area contributed by atoms with Gasteiger partial charge in [-0.2, -0.15) is 0 Å². The largest absolute Gasteiger partial charge is 0.456 e. The fraction of sp³-hybridized carbons (Fsp3) is 0.786. The molecule has 0 radical (unpaired) electrons. The van der Waals surface area contributed by atoms with E-state index in [1.807, 2.05) is 20.8 Å². The number of carbonyl (C=O) groups excluding carboxylic acids is 1. The Bertz CT molecular complexity index is 239. The van der Waals surface area contributed by atoms with Crippen LogP contribution >= 0.6 is 0 Å². The molecule has 0 aromatic heterocycles. The van der Waals surface area contributed by atoms with Gasteiger partial charge in [-0.15, -0.1) is 0 Å². The summed E-state index contributed by atoms with van der Waals surface area (Å²) in [5, 5.41) is 0. The summed E-state index contributed by atoms with van der Waals surface area (Å²) >= 11 is 0. The first-order valence-corrected chi connectivity index (χ1v) is 6.29. The Morgan fingerprint density at radius 3 is 2.38 bits per heavy atom. The first-order chi connectivity index (χ1) is 7.43. The summed E-state index contributed by atoms with van der Waals surface area (Å²) in [5.41, 5.74) is 0.344. The van der Waals surface area contributed by atoms with Crippen molar-refractivity contribution in [2.75, 3.05) is 0 Å². The molecule has 2 nitrogen and oxygen atoms in total. The van der Waals surface area contributed by atoms with Gasteiger partial charge in [-0.25, -0.2) is 4.79 Å². The second kappa shape index (κ2) is 7.48. The van der Waals surface area contributed by atoms with Gasteiger partial charge in [-0.1, -0.05) is 32.3 Å². The van der Waals surface area contributed by atoms with E-state index in [0.717, 1.165) is 12.8 Å². The highest BCUT2D eigenvalue weighted by atomic mass is 16.6. The molecule has 16 heavy (non-hydrogen) atoms. The second-order valence-corrected chi connectivity index (χ2v) is 4.93. The third-order valence-electron chi connectivity index (χ3n) is 2.76. The lowest BCUT2D eigenvalue weighted by atomic mass is 10.00. The van der Waals surface area contributed by atoms with Crippen LogP contribution in [0.3, 0.4) is 0 Å². The van der Waals surface area contributed by atoms with E-state index in [-0.39, 0.29) is 11.6 Å². The van der Waals surface area contributed by atoms with Crippen LogP contribution in [0.1, 0.15) is 66.7 Å². The van der Waals surface area contributed by atoms with E-state index in [0.29, 0.717) is 5.57 Å². The number of ether oxygens (including phenoxy) is 1. The van der Waals surface area contributed by atoms with E-state index in [4.69, 9.17) is 4.74 Å². The van der Waals surface area contributed by atoms with Crippen molar-refractivity contribution >= 4 is 5.97 Å². The third-order valence-corrected chi connectivity index (χ3v) is 2.76. The van der Waals surface area contributed by atoms with Gasteiger partial charge in [0.25, 0.3) is 0 Å². The summed E-state index contributed by atoms with van der Waals surface area (Å²) in [5.74, 6) is -0.192. The first kappa shape index (κ1) is 15.2. The van der Waals surface area contributed by atoms with E-state index in [2.05, 4.69) is 6.92 Å². The molecule has 0 heterocycles. The first-order valence-electron chi connectivity index (χ1n) is 6.29. The van der Waals surface area contributed by atoms with Gasteiger partial charge in [0.05, 0.1) is 0 Å². The summed E-state index contributed by atoms with van der Waals surface area (Å²) in [6, 6.07) is 0. The molecule has 0 aliphatic heterocycles. The van der Waals surface area contributed by atoms with Gasteiger partial charge >= 0.3 is 5.97 Å². The fourth-order valence-electron chi connectivity index (χ4n) is 1.48. The van der Waals surface area contributed by atoms with Gasteiger partial charge in [0.2, 0.25) is 0 Å². The molecule has 0 spiro atoms. The maximum absolute atomic E-state index is 11.6. The predicted molar refractivity (Wildman–Crippen MR) is 68.4 cm³/mol. The highest BCUT2D eigenvalue weighted by Gasteiger charge is 2.22. The number of hydrogen-bond acceptors (Lipinski definition) is 2. The van der Waals surface area contributed by atoms with Gasteiger partial charge in [-0.3, -0.25) is 0 Å². The summed E-state index contributed by atoms with van der Waals surface area (Å²) in [6.07, 6.45) is 7.57. The maximum atomic E-state index is 11.6. The Hall–Kier alpha value is -0.790. The van der Waals surface area contributed by atoms with Crippen molar-refractivity contribution < 1.29 is 9.53 Å². The van der Waals surface area contributed by atoms with Crippen molar-refractivity contribution in [3.8, 4) is 0 Å². The van der Waals surface area contributed by atoms with E-state index in [1.54, 1.807) is 13.0 Å². The normalized spacial score (nSPS) is 12.7. The Labute approximate surface area is 100 Å². The molecular weight excluding hydrogens is 200 g/mol. The molecule has 94 valence electrons. The van der Waals surface area contributed by atoms with Crippen molar-refractivity contribution in [3.05, 3.63) is 11.6 Å². The van der Waals surface area contributed by atoms with Crippen molar-refractivity contribution in [1.29, 1.82) is 0 Å². The lowest BCUT2D eigenvalue weighted by molar-refractivity contribution is -0.152. The Morgan fingerprint density at radius 1 is 1.25 bits per heavy atom. The van der Waals surface area contributed by atoms with Crippen molar-refractivity contribution in [2.24, 2.45) is 0 Å². The minimum atomic E-state index is -0.338. The van der Waals surface area contributed by atoms with Crippen LogP contribution in [0.2, 0.25) is 0 Å². The molecule has 0 aromatic rings. The topological polar surface area (TPSA) is 26.3 Å². The van der Waals surface area contributed by atoms with E-state index >= 15 is 0 Å². The number of hydrogen-bond donors (Lipinski definition) is 0. The van der Waals surface area contributed by atoms with Crippen LogP contribution in [0.25, 0.3) is 0 Å². The lowest BCUT2D eigenvalue weighted by Crippen LogP contribution is -2.28. The predicted octanol–water partition coefficient (Wildman–Crippen LogP) is 4.24. The number of rotatable bonds is 7. The molecule has 0 aliphatic carbocycles. The fourth-order valence-corrected chi connectivity index (χ4v) is 1.48. The molecule has 0 unspecified atom stereocenters. The van der Waals surface area contributed by atoms with Crippen molar-refractivity contribution in [2.45, 2.75) is 72.3 Å². The third kappa shape index (κ3) is 6.65. The number of allylic oxidation sites excluding steroid dienone is 1. The number of esters is 1. The second-order valence-electron chi connectivity index (χ2n) is 4.93. The molecule has 0 bridgehead atoms. The van der Waals surface area contributed by atoms with E-state index < -0.39 is 0 Å². The zero-order valence-corrected chi connectivity index (χ0v) is 11.4. The Kier molecular flexibility index (Phi) is 7.11. The van der Waals surface area contributed by atoms with Gasteiger partial charge in [0.15, 0.2) is 0 Å². The van der Waals surface area contributed by atoms with Gasteiger partial charge in [0.1, 0.15) is 5.60 Å². The van der Waals surface area contributed by atoms with Crippen molar-refractivity contribution in [1.82, 2.24) is 0 Å². The smallest absolute Gasteiger partial charge is 0.333 e. The molecule has 0 N–H and O–H groups in total. The minimum absolute atomic E-state index is 0.192. The highest BCUT2D eigenvalue weighted by Crippen LogP contribution is 2.20. The van der Waals surface area contributed by atoms with Crippen LogP contribution in [0.4, 0.5) is 0 Å². The average molecular weight is 226 g/mol. The molecule has 0 amide bonds.